The van der Waals surface area contributed by atoms with Gasteiger partial charge in [-0.15, -0.1) is 0 Å². The fraction of sp³-hybridized carbons (Fsp3) is 0.235. The van der Waals surface area contributed by atoms with Crippen molar-refractivity contribution < 1.29 is 0 Å². The highest BCUT2D eigenvalue weighted by Crippen LogP contribution is 2.23. The van der Waals surface area contributed by atoms with Gasteiger partial charge in [0.15, 0.2) is 0 Å². The lowest BCUT2D eigenvalue weighted by atomic mass is 10.2. The van der Waals surface area contributed by atoms with Crippen molar-refractivity contribution in [2.75, 3.05) is 5.73 Å². The Morgan fingerprint density at radius 2 is 2.00 bits per heavy atom. The number of aryl methyl sites for hydroxylation is 1. The van der Waals surface area contributed by atoms with Crippen LogP contribution in [0.15, 0.2) is 42.5 Å². The van der Waals surface area contributed by atoms with Crippen LogP contribution >= 0.6 is 11.6 Å². The van der Waals surface area contributed by atoms with Crippen LogP contribution < -0.4 is 5.73 Å². The van der Waals surface area contributed by atoms with E-state index in [1.807, 2.05) is 30.3 Å². The van der Waals surface area contributed by atoms with E-state index in [1.165, 1.54) is 0 Å². The standard InChI is InChI=1S/C17H18ClN3/c1-2-5-17-20-15-6-3-4-7-16(15)21(17)11-12-8-9-13(18)14(19)10-12/h3-4,6-10H,2,5,11,19H2,1H3. The molecule has 21 heavy (non-hydrogen) atoms. The van der Waals surface area contributed by atoms with Crippen LogP contribution in [0.1, 0.15) is 24.7 Å². The molecule has 0 radical (unpaired) electrons. The van der Waals surface area contributed by atoms with E-state index in [9.17, 15) is 0 Å². The van der Waals surface area contributed by atoms with Gasteiger partial charge in [-0.2, -0.15) is 0 Å². The van der Waals surface area contributed by atoms with Gasteiger partial charge in [0.25, 0.3) is 0 Å². The Labute approximate surface area is 129 Å². The van der Waals surface area contributed by atoms with E-state index in [1.54, 1.807) is 0 Å². The molecule has 108 valence electrons. The third kappa shape index (κ3) is 2.74. The number of para-hydroxylation sites is 2. The summed E-state index contributed by atoms with van der Waals surface area (Å²) in [5, 5.41) is 0.600. The third-order valence-corrected chi connectivity index (χ3v) is 3.95. The number of nitrogen functional groups attached to an aromatic ring is 1. The first-order chi connectivity index (χ1) is 10.2. The van der Waals surface area contributed by atoms with Gasteiger partial charge in [0.05, 0.1) is 21.7 Å². The van der Waals surface area contributed by atoms with Crippen LogP contribution in [-0.4, -0.2) is 9.55 Å². The Bertz CT molecular complexity index is 777. The highest BCUT2D eigenvalue weighted by molar-refractivity contribution is 6.33. The molecule has 0 aliphatic heterocycles. The maximum atomic E-state index is 5.99. The average molecular weight is 300 g/mol. The number of aromatic nitrogens is 2. The fourth-order valence-corrected chi connectivity index (χ4v) is 2.71. The molecule has 2 N–H and O–H groups in total. The van der Waals surface area contributed by atoms with E-state index in [0.717, 1.165) is 41.8 Å². The molecule has 0 atom stereocenters. The van der Waals surface area contributed by atoms with Crippen molar-refractivity contribution in [1.29, 1.82) is 0 Å². The lowest BCUT2D eigenvalue weighted by molar-refractivity contribution is 0.722. The van der Waals surface area contributed by atoms with E-state index in [2.05, 4.69) is 23.6 Å². The van der Waals surface area contributed by atoms with Gasteiger partial charge in [0, 0.05) is 13.0 Å². The summed E-state index contributed by atoms with van der Waals surface area (Å²) in [7, 11) is 0. The Kier molecular flexibility index (Phi) is 3.84. The number of rotatable bonds is 4. The predicted octanol–water partition coefficient (Wildman–Crippen LogP) is 4.27. The molecule has 3 aromatic rings. The molecule has 4 heteroatoms. The van der Waals surface area contributed by atoms with Crippen molar-refractivity contribution in [3.63, 3.8) is 0 Å². The molecule has 3 rings (SSSR count). The highest BCUT2D eigenvalue weighted by Gasteiger charge is 2.10. The van der Waals surface area contributed by atoms with Crippen molar-refractivity contribution in [3.8, 4) is 0 Å². The molecule has 0 fully saturated rings. The second kappa shape index (κ2) is 5.78. The molecule has 0 saturated heterocycles. The summed E-state index contributed by atoms with van der Waals surface area (Å²) in [6, 6.07) is 14.0. The molecule has 0 bridgehead atoms. The van der Waals surface area contributed by atoms with Gasteiger partial charge in [-0.3, -0.25) is 0 Å². The average Bonchev–Trinajstić information content (AvgIpc) is 2.81. The fourth-order valence-electron chi connectivity index (χ4n) is 2.59. The molecule has 0 saturated carbocycles. The van der Waals surface area contributed by atoms with Gasteiger partial charge in [-0.25, -0.2) is 4.98 Å². The maximum absolute atomic E-state index is 5.99. The van der Waals surface area contributed by atoms with Crippen LogP contribution in [0.4, 0.5) is 5.69 Å². The molecular formula is C17H18ClN3. The number of nitrogens with two attached hydrogens (primary N) is 1. The minimum absolute atomic E-state index is 0.600. The monoisotopic (exact) mass is 299 g/mol. The van der Waals surface area contributed by atoms with Crippen molar-refractivity contribution in [2.24, 2.45) is 0 Å². The van der Waals surface area contributed by atoms with Gasteiger partial charge in [-0.1, -0.05) is 36.7 Å². The van der Waals surface area contributed by atoms with Crippen molar-refractivity contribution in [1.82, 2.24) is 9.55 Å². The zero-order valence-corrected chi connectivity index (χ0v) is 12.8. The Balaban J connectivity index is 2.05. The lowest BCUT2D eigenvalue weighted by Crippen LogP contribution is -2.05. The summed E-state index contributed by atoms with van der Waals surface area (Å²) >= 11 is 5.99. The Morgan fingerprint density at radius 3 is 2.76 bits per heavy atom. The number of hydrogen-bond acceptors (Lipinski definition) is 2. The highest BCUT2D eigenvalue weighted by atomic mass is 35.5. The van der Waals surface area contributed by atoms with Crippen molar-refractivity contribution >= 4 is 28.3 Å². The zero-order valence-electron chi connectivity index (χ0n) is 12.0. The molecule has 3 nitrogen and oxygen atoms in total. The predicted molar refractivity (Wildman–Crippen MR) is 88.7 cm³/mol. The van der Waals surface area contributed by atoms with Gasteiger partial charge in [0.2, 0.25) is 0 Å². The molecule has 2 aromatic carbocycles. The van der Waals surface area contributed by atoms with Crippen LogP contribution in [0.3, 0.4) is 0 Å². The number of fused-ring (bicyclic) bond motifs is 1. The van der Waals surface area contributed by atoms with E-state index in [4.69, 9.17) is 22.3 Å². The summed E-state index contributed by atoms with van der Waals surface area (Å²) in [6.07, 6.45) is 2.05. The summed E-state index contributed by atoms with van der Waals surface area (Å²) < 4.78 is 2.27. The molecule has 0 amide bonds. The number of anilines is 1. The van der Waals surface area contributed by atoms with Crippen LogP contribution in [0.2, 0.25) is 5.02 Å². The van der Waals surface area contributed by atoms with Gasteiger partial charge in [-0.05, 0) is 36.2 Å². The molecule has 0 aliphatic rings. The maximum Gasteiger partial charge on any atom is 0.110 e. The topological polar surface area (TPSA) is 43.8 Å². The Morgan fingerprint density at radius 1 is 1.19 bits per heavy atom. The van der Waals surface area contributed by atoms with E-state index in [-0.39, 0.29) is 0 Å². The number of benzene rings is 2. The van der Waals surface area contributed by atoms with Crippen LogP contribution in [0.5, 0.6) is 0 Å². The van der Waals surface area contributed by atoms with E-state index < -0.39 is 0 Å². The molecule has 0 spiro atoms. The molecule has 0 aliphatic carbocycles. The second-order valence-corrected chi connectivity index (χ2v) is 5.62. The first-order valence-corrected chi connectivity index (χ1v) is 7.55. The summed E-state index contributed by atoms with van der Waals surface area (Å²) in [4.78, 5) is 4.74. The number of imidazole rings is 1. The SMILES string of the molecule is CCCc1nc2ccccc2n1Cc1ccc(Cl)c(N)c1. The largest absolute Gasteiger partial charge is 0.398 e. The summed E-state index contributed by atoms with van der Waals surface area (Å²) in [5.41, 5.74) is 9.87. The second-order valence-electron chi connectivity index (χ2n) is 5.21. The molecule has 1 aromatic heterocycles. The van der Waals surface area contributed by atoms with E-state index >= 15 is 0 Å². The number of halogens is 1. The third-order valence-electron chi connectivity index (χ3n) is 3.61. The number of hydrogen-bond donors (Lipinski definition) is 1. The lowest BCUT2D eigenvalue weighted by Gasteiger charge is -2.10. The quantitative estimate of drug-likeness (QED) is 0.731. The normalized spacial score (nSPS) is 11.1. The smallest absolute Gasteiger partial charge is 0.110 e. The van der Waals surface area contributed by atoms with Crippen LogP contribution in [0.25, 0.3) is 11.0 Å². The first kappa shape index (κ1) is 14.0. The summed E-state index contributed by atoms with van der Waals surface area (Å²) in [5.74, 6) is 1.12. The zero-order chi connectivity index (χ0) is 14.8. The van der Waals surface area contributed by atoms with Crippen molar-refractivity contribution in [3.05, 3.63) is 58.9 Å². The van der Waals surface area contributed by atoms with Gasteiger partial charge in [0.1, 0.15) is 5.82 Å². The van der Waals surface area contributed by atoms with E-state index in [0.29, 0.717) is 10.7 Å². The number of nitrogens with zero attached hydrogens (tertiary/aromatic N) is 2. The minimum atomic E-state index is 0.600. The molecule has 0 unspecified atom stereocenters. The van der Waals surface area contributed by atoms with Crippen LogP contribution in [0, 0.1) is 0 Å². The van der Waals surface area contributed by atoms with Gasteiger partial charge < -0.3 is 10.3 Å². The minimum Gasteiger partial charge on any atom is -0.398 e. The van der Waals surface area contributed by atoms with Crippen molar-refractivity contribution in [2.45, 2.75) is 26.3 Å². The first-order valence-electron chi connectivity index (χ1n) is 7.17. The Hall–Kier alpha value is -2.00. The summed E-state index contributed by atoms with van der Waals surface area (Å²) in [6.45, 7) is 2.93. The molecule has 1 heterocycles. The van der Waals surface area contributed by atoms with Crippen LogP contribution in [-0.2, 0) is 13.0 Å². The molecular weight excluding hydrogens is 282 g/mol. The van der Waals surface area contributed by atoms with Gasteiger partial charge >= 0.3 is 0 Å².